The van der Waals surface area contributed by atoms with Gasteiger partial charge in [-0.25, -0.2) is 5.06 Å². The lowest BCUT2D eigenvalue weighted by atomic mass is 10.1. The Bertz CT molecular complexity index is 272. The van der Waals surface area contributed by atoms with Crippen LogP contribution in [0.25, 0.3) is 0 Å². The number of nitrogens with zero attached hydrogens (tertiary/aromatic N) is 1. The van der Waals surface area contributed by atoms with Crippen LogP contribution in [0.15, 0.2) is 0 Å². The first-order valence-corrected chi connectivity index (χ1v) is 5.49. The summed E-state index contributed by atoms with van der Waals surface area (Å²) < 4.78 is 0. The fourth-order valence-electron chi connectivity index (χ4n) is 1.91. The van der Waals surface area contributed by atoms with Gasteiger partial charge in [-0.3, -0.25) is 14.4 Å². The highest BCUT2D eigenvalue weighted by molar-refractivity contribution is 5.70. The molecule has 5 nitrogen and oxygen atoms in total. The Hall–Kier alpha value is -1.10. The standard InChI is InChI=1S/C11H19NO4/c1-11(2,3)16-12(7-13)9-5-4-8(6-9)10(14)15/h7-9H,4-6H2,1-3H3,(H,14,15). The van der Waals surface area contributed by atoms with Crippen molar-refractivity contribution in [2.24, 2.45) is 5.92 Å². The SMILES string of the molecule is CC(C)(C)ON(C=O)C1CCC(C(=O)O)C1. The Kier molecular flexibility index (Phi) is 3.91. The molecule has 92 valence electrons. The second-order valence-corrected chi connectivity index (χ2v) is 5.17. The summed E-state index contributed by atoms with van der Waals surface area (Å²) in [4.78, 5) is 27.2. The zero-order valence-electron chi connectivity index (χ0n) is 9.97. The number of hydroxylamine groups is 2. The molecule has 0 bridgehead atoms. The number of hydrogen-bond acceptors (Lipinski definition) is 3. The van der Waals surface area contributed by atoms with Gasteiger partial charge in [0.15, 0.2) is 0 Å². The van der Waals surface area contributed by atoms with Crippen LogP contribution >= 0.6 is 0 Å². The highest BCUT2D eigenvalue weighted by Crippen LogP contribution is 2.30. The maximum Gasteiger partial charge on any atom is 0.306 e. The van der Waals surface area contributed by atoms with Crippen LogP contribution in [0, 0.1) is 5.92 Å². The third kappa shape index (κ3) is 3.48. The Balaban J connectivity index is 2.56. The molecule has 0 spiro atoms. The van der Waals surface area contributed by atoms with E-state index in [4.69, 9.17) is 9.94 Å². The van der Waals surface area contributed by atoms with Crippen molar-refractivity contribution in [3.8, 4) is 0 Å². The number of rotatable bonds is 4. The van der Waals surface area contributed by atoms with E-state index in [9.17, 15) is 9.59 Å². The predicted molar refractivity (Wildman–Crippen MR) is 57.5 cm³/mol. The van der Waals surface area contributed by atoms with E-state index in [2.05, 4.69) is 0 Å². The van der Waals surface area contributed by atoms with E-state index in [0.717, 1.165) is 0 Å². The Morgan fingerprint density at radius 3 is 2.44 bits per heavy atom. The molecule has 2 atom stereocenters. The van der Waals surface area contributed by atoms with Crippen molar-refractivity contribution in [3.05, 3.63) is 0 Å². The molecule has 1 fully saturated rings. The lowest BCUT2D eigenvalue weighted by molar-refractivity contribution is -0.231. The molecular weight excluding hydrogens is 210 g/mol. The van der Waals surface area contributed by atoms with Gasteiger partial charge in [-0.2, -0.15) is 0 Å². The van der Waals surface area contributed by atoms with E-state index in [0.29, 0.717) is 25.7 Å². The molecule has 0 aromatic heterocycles. The minimum Gasteiger partial charge on any atom is -0.481 e. The molecule has 1 amide bonds. The van der Waals surface area contributed by atoms with Gasteiger partial charge in [-0.1, -0.05) is 0 Å². The van der Waals surface area contributed by atoms with Gasteiger partial charge in [0.25, 0.3) is 0 Å². The Morgan fingerprint density at radius 1 is 1.44 bits per heavy atom. The average molecular weight is 229 g/mol. The minimum absolute atomic E-state index is 0.113. The summed E-state index contributed by atoms with van der Waals surface area (Å²) in [5.74, 6) is -1.14. The van der Waals surface area contributed by atoms with E-state index in [1.807, 2.05) is 20.8 Å². The summed E-state index contributed by atoms with van der Waals surface area (Å²) in [6, 6.07) is -0.113. The first-order chi connectivity index (χ1) is 7.33. The molecule has 0 saturated heterocycles. The smallest absolute Gasteiger partial charge is 0.306 e. The molecule has 5 heteroatoms. The van der Waals surface area contributed by atoms with E-state index in [1.165, 1.54) is 5.06 Å². The van der Waals surface area contributed by atoms with Crippen LogP contribution in [0.2, 0.25) is 0 Å². The second-order valence-electron chi connectivity index (χ2n) is 5.17. The maximum atomic E-state index is 10.9. The van der Waals surface area contributed by atoms with Crippen LogP contribution in [0.4, 0.5) is 0 Å². The lowest BCUT2D eigenvalue weighted by Gasteiger charge is -2.30. The van der Waals surface area contributed by atoms with Crippen LogP contribution in [0.5, 0.6) is 0 Å². The monoisotopic (exact) mass is 229 g/mol. The van der Waals surface area contributed by atoms with Crippen molar-refractivity contribution in [2.75, 3.05) is 0 Å². The van der Waals surface area contributed by atoms with Gasteiger partial charge in [-0.15, -0.1) is 0 Å². The molecular formula is C11H19NO4. The molecule has 0 aromatic rings. The third-order valence-electron chi connectivity index (χ3n) is 2.60. The van der Waals surface area contributed by atoms with E-state index in [1.54, 1.807) is 0 Å². The summed E-state index contributed by atoms with van der Waals surface area (Å²) in [6.45, 7) is 5.56. The van der Waals surface area contributed by atoms with Gasteiger partial charge >= 0.3 is 5.97 Å². The first kappa shape index (κ1) is 13.0. The van der Waals surface area contributed by atoms with Crippen molar-refractivity contribution in [3.63, 3.8) is 0 Å². The predicted octanol–water partition coefficient (Wildman–Crippen LogP) is 1.43. The van der Waals surface area contributed by atoms with Gasteiger partial charge in [0.1, 0.15) is 0 Å². The topological polar surface area (TPSA) is 66.8 Å². The highest BCUT2D eigenvalue weighted by Gasteiger charge is 2.34. The molecule has 1 aliphatic carbocycles. The molecule has 2 unspecified atom stereocenters. The van der Waals surface area contributed by atoms with Crippen LogP contribution in [-0.2, 0) is 14.4 Å². The molecule has 0 aromatic carbocycles. The zero-order valence-corrected chi connectivity index (χ0v) is 9.97. The minimum atomic E-state index is -0.788. The number of amides is 1. The average Bonchev–Trinajstić information content (AvgIpc) is 2.61. The number of hydrogen-bond donors (Lipinski definition) is 1. The second kappa shape index (κ2) is 4.82. The van der Waals surface area contributed by atoms with Crippen molar-refractivity contribution in [2.45, 2.75) is 51.7 Å². The van der Waals surface area contributed by atoms with Crippen molar-refractivity contribution in [1.29, 1.82) is 0 Å². The van der Waals surface area contributed by atoms with Crippen molar-refractivity contribution >= 4 is 12.4 Å². The molecule has 16 heavy (non-hydrogen) atoms. The van der Waals surface area contributed by atoms with E-state index >= 15 is 0 Å². The number of aliphatic carboxylic acids is 1. The fourth-order valence-corrected chi connectivity index (χ4v) is 1.91. The van der Waals surface area contributed by atoms with Gasteiger partial charge in [0.2, 0.25) is 6.41 Å². The number of carboxylic acid groups (broad SMARTS) is 1. The summed E-state index contributed by atoms with van der Waals surface area (Å²) >= 11 is 0. The van der Waals surface area contributed by atoms with Crippen LogP contribution < -0.4 is 0 Å². The van der Waals surface area contributed by atoms with Crippen LogP contribution in [0.3, 0.4) is 0 Å². The largest absolute Gasteiger partial charge is 0.481 e. The van der Waals surface area contributed by atoms with Gasteiger partial charge in [-0.05, 0) is 40.0 Å². The maximum absolute atomic E-state index is 10.9. The van der Waals surface area contributed by atoms with Crippen molar-refractivity contribution in [1.82, 2.24) is 5.06 Å². The van der Waals surface area contributed by atoms with E-state index in [-0.39, 0.29) is 12.0 Å². The Morgan fingerprint density at radius 2 is 2.06 bits per heavy atom. The number of carbonyl (C=O) groups is 2. The molecule has 0 aliphatic heterocycles. The molecule has 1 N–H and O–H groups in total. The molecule has 0 radical (unpaired) electrons. The number of carboxylic acids is 1. The summed E-state index contributed by atoms with van der Waals surface area (Å²) in [7, 11) is 0. The Labute approximate surface area is 95.3 Å². The normalized spacial score (nSPS) is 25.4. The molecule has 0 heterocycles. The fraction of sp³-hybridized carbons (Fsp3) is 0.818. The van der Waals surface area contributed by atoms with Crippen LogP contribution in [0.1, 0.15) is 40.0 Å². The first-order valence-electron chi connectivity index (χ1n) is 5.49. The quantitative estimate of drug-likeness (QED) is 0.585. The molecule has 1 saturated carbocycles. The lowest BCUT2D eigenvalue weighted by Crippen LogP contribution is -2.39. The van der Waals surface area contributed by atoms with Gasteiger partial charge in [0.05, 0.1) is 17.6 Å². The summed E-state index contributed by atoms with van der Waals surface area (Å²) in [5.41, 5.74) is -0.442. The van der Waals surface area contributed by atoms with Crippen LogP contribution in [-0.4, -0.2) is 34.2 Å². The van der Waals surface area contributed by atoms with Gasteiger partial charge < -0.3 is 5.11 Å². The van der Waals surface area contributed by atoms with E-state index < -0.39 is 11.6 Å². The molecule has 1 aliphatic rings. The van der Waals surface area contributed by atoms with Crippen molar-refractivity contribution < 1.29 is 19.5 Å². The zero-order chi connectivity index (χ0) is 12.3. The highest BCUT2D eigenvalue weighted by atomic mass is 16.7. The summed E-state index contributed by atoms with van der Waals surface area (Å²) in [6.07, 6.45) is 2.41. The molecule has 1 rings (SSSR count). The van der Waals surface area contributed by atoms with Gasteiger partial charge in [0, 0.05) is 0 Å². The summed E-state index contributed by atoms with van der Waals surface area (Å²) in [5, 5.41) is 10.1. The third-order valence-corrected chi connectivity index (χ3v) is 2.60. The number of carbonyl (C=O) groups excluding carboxylic acids is 1.